The quantitative estimate of drug-likeness (QED) is 0.666. The van der Waals surface area contributed by atoms with Crippen LogP contribution in [-0.2, 0) is 6.18 Å². The zero-order valence-electron chi connectivity index (χ0n) is 7.24. The first kappa shape index (κ1) is 9.89. The molecule has 0 aliphatic heterocycles. The molecular formula is C9H9F3O. The van der Waals surface area contributed by atoms with Crippen molar-refractivity contribution in [3.05, 3.63) is 28.8 Å². The number of aryl methyl sites for hydroxylation is 2. The number of hydrogen-bond donors (Lipinski definition) is 1. The Morgan fingerprint density at radius 3 is 1.77 bits per heavy atom. The Labute approximate surface area is 73.8 Å². The molecule has 1 nitrogen and oxygen atoms in total. The van der Waals surface area contributed by atoms with Gasteiger partial charge in [0.05, 0.1) is 5.56 Å². The van der Waals surface area contributed by atoms with Gasteiger partial charge in [-0.15, -0.1) is 0 Å². The first-order valence-electron chi connectivity index (χ1n) is 3.70. The highest BCUT2D eigenvalue weighted by Gasteiger charge is 2.31. The van der Waals surface area contributed by atoms with Crippen LogP contribution in [0.4, 0.5) is 13.2 Å². The van der Waals surface area contributed by atoms with Crippen molar-refractivity contribution in [2.45, 2.75) is 20.0 Å². The van der Waals surface area contributed by atoms with Crippen molar-refractivity contribution in [3.63, 3.8) is 0 Å². The van der Waals surface area contributed by atoms with E-state index in [1.54, 1.807) is 0 Å². The Hall–Kier alpha value is -1.19. The van der Waals surface area contributed by atoms with E-state index in [0.29, 0.717) is 0 Å². The van der Waals surface area contributed by atoms with E-state index in [4.69, 9.17) is 0 Å². The summed E-state index contributed by atoms with van der Waals surface area (Å²) < 4.78 is 36.6. The van der Waals surface area contributed by atoms with E-state index in [2.05, 4.69) is 0 Å². The second-order valence-electron chi connectivity index (χ2n) is 2.96. The van der Waals surface area contributed by atoms with Gasteiger partial charge in [0, 0.05) is 0 Å². The van der Waals surface area contributed by atoms with E-state index < -0.39 is 11.7 Å². The molecule has 1 N–H and O–H groups in total. The van der Waals surface area contributed by atoms with E-state index in [9.17, 15) is 18.3 Å². The average molecular weight is 190 g/mol. The number of halogens is 3. The summed E-state index contributed by atoms with van der Waals surface area (Å²) >= 11 is 0. The van der Waals surface area contributed by atoms with Gasteiger partial charge in [0.1, 0.15) is 5.75 Å². The maximum Gasteiger partial charge on any atom is 0.416 e. The summed E-state index contributed by atoms with van der Waals surface area (Å²) in [6.45, 7) is 2.88. The topological polar surface area (TPSA) is 20.2 Å². The highest BCUT2D eigenvalue weighted by molar-refractivity contribution is 5.42. The van der Waals surface area contributed by atoms with Crippen molar-refractivity contribution < 1.29 is 18.3 Å². The van der Waals surface area contributed by atoms with Crippen molar-refractivity contribution in [1.82, 2.24) is 0 Å². The number of alkyl halides is 3. The molecular weight excluding hydrogens is 181 g/mol. The average Bonchev–Trinajstić information content (AvgIpc) is 1.97. The van der Waals surface area contributed by atoms with Gasteiger partial charge in [-0.1, -0.05) is 0 Å². The number of rotatable bonds is 0. The van der Waals surface area contributed by atoms with E-state index in [1.807, 2.05) is 0 Å². The molecule has 1 aromatic rings. The van der Waals surface area contributed by atoms with Crippen LogP contribution in [-0.4, -0.2) is 5.11 Å². The van der Waals surface area contributed by atoms with E-state index in [0.717, 1.165) is 12.1 Å². The zero-order chi connectivity index (χ0) is 10.2. The van der Waals surface area contributed by atoms with Crippen LogP contribution in [0.2, 0.25) is 0 Å². The van der Waals surface area contributed by atoms with Crippen molar-refractivity contribution in [2.24, 2.45) is 0 Å². The SMILES string of the molecule is Cc1cc(C(F)(F)F)cc(C)c1O. The summed E-state index contributed by atoms with van der Waals surface area (Å²) in [6.07, 6.45) is -4.34. The smallest absolute Gasteiger partial charge is 0.416 e. The molecule has 0 bridgehead atoms. The lowest BCUT2D eigenvalue weighted by molar-refractivity contribution is -0.137. The van der Waals surface area contributed by atoms with Crippen molar-refractivity contribution in [3.8, 4) is 5.75 Å². The second-order valence-corrected chi connectivity index (χ2v) is 2.96. The molecule has 0 radical (unpaired) electrons. The molecule has 0 aromatic heterocycles. The lowest BCUT2D eigenvalue weighted by atomic mass is 10.1. The first-order chi connectivity index (χ1) is 5.82. The number of hydrogen-bond acceptors (Lipinski definition) is 1. The third-order valence-electron chi connectivity index (χ3n) is 1.82. The molecule has 0 saturated heterocycles. The molecule has 72 valence electrons. The molecule has 0 spiro atoms. The predicted octanol–water partition coefficient (Wildman–Crippen LogP) is 3.03. The molecule has 13 heavy (non-hydrogen) atoms. The fourth-order valence-electron chi connectivity index (χ4n) is 1.12. The van der Waals surface area contributed by atoms with Crippen LogP contribution in [0.5, 0.6) is 5.75 Å². The summed E-state index contributed by atoms with van der Waals surface area (Å²) in [5, 5.41) is 9.23. The van der Waals surface area contributed by atoms with Crippen LogP contribution < -0.4 is 0 Å². The van der Waals surface area contributed by atoms with Gasteiger partial charge in [-0.3, -0.25) is 0 Å². The Kier molecular flexibility index (Phi) is 2.24. The molecule has 0 unspecified atom stereocenters. The maximum atomic E-state index is 12.2. The lowest BCUT2D eigenvalue weighted by Crippen LogP contribution is -2.05. The second kappa shape index (κ2) is 2.94. The normalized spacial score (nSPS) is 11.8. The van der Waals surface area contributed by atoms with Gasteiger partial charge < -0.3 is 5.11 Å². The van der Waals surface area contributed by atoms with E-state index in [1.165, 1.54) is 13.8 Å². The molecule has 0 fully saturated rings. The number of benzene rings is 1. The van der Waals surface area contributed by atoms with Gasteiger partial charge in [0.15, 0.2) is 0 Å². The van der Waals surface area contributed by atoms with Crippen LogP contribution in [0.25, 0.3) is 0 Å². The fourth-order valence-corrected chi connectivity index (χ4v) is 1.12. The van der Waals surface area contributed by atoms with E-state index >= 15 is 0 Å². The molecule has 0 aliphatic rings. The Morgan fingerprint density at radius 1 is 1.08 bits per heavy atom. The van der Waals surface area contributed by atoms with Gasteiger partial charge in [-0.2, -0.15) is 13.2 Å². The van der Waals surface area contributed by atoms with E-state index in [-0.39, 0.29) is 16.9 Å². The van der Waals surface area contributed by atoms with Gasteiger partial charge in [0.2, 0.25) is 0 Å². The summed E-state index contributed by atoms with van der Waals surface area (Å²) in [7, 11) is 0. The van der Waals surface area contributed by atoms with Gasteiger partial charge in [-0.05, 0) is 37.1 Å². The van der Waals surface area contributed by atoms with Crippen LogP contribution in [0.1, 0.15) is 16.7 Å². The third kappa shape index (κ3) is 1.94. The Morgan fingerprint density at radius 2 is 1.46 bits per heavy atom. The van der Waals surface area contributed by atoms with Gasteiger partial charge in [-0.25, -0.2) is 0 Å². The van der Waals surface area contributed by atoms with Crippen LogP contribution in [0.15, 0.2) is 12.1 Å². The van der Waals surface area contributed by atoms with Gasteiger partial charge in [0.25, 0.3) is 0 Å². The lowest BCUT2D eigenvalue weighted by Gasteiger charge is -2.10. The Bertz CT molecular complexity index is 305. The molecule has 0 atom stereocenters. The number of phenols is 1. The summed E-state index contributed by atoms with van der Waals surface area (Å²) in [6, 6.07) is 1.87. The predicted molar refractivity (Wildman–Crippen MR) is 42.6 cm³/mol. The van der Waals surface area contributed by atoms with Crippen LogP contribution in [0.3, 0.4) is 0 Å². The molecule has 1 aromatic carbocycles. The standard InChI is InChI=1S/C9H9F3O/c1-5-3-7(9(10,11)12)4-6(2)8(5)13/h3-4,13H,1-2H3. The minimum absolute atomic E-state index is 0.0759. The zero-order valence-corrected chi connectivity index (χ0v) is 7.24. The summed E-state index contributed by atoms with van der Waals surface area (Å²) in [5.74, 6) is -0.0759. The molecule has 0 amide bonds. The summed E-state index contributed by atoms with van der Waals surface area (Å²) in [5.41, 5.74) is -0.236. The number of aromatic hydroxyl groups is 1. The third-order valence-corrected chi connectivity index (χ3v) is 1.82. The summed E-state index contributed by atoms with van der Waals surface area (Å²) in [4.78, 5) is 0. The molecule has 4 heteroatoms. The Balaban J connectivity index is 3.29. The van der Waals surface area contributed by atoms with Crippen molar-refractivity contribution in [1.29, 1.82) is 0 Å². The van der Waals surface area contributed by atoms with Crippen molar-refractivity contribution >= 4 is 0 Å². The maximum absolute atomic E-state index is 12.2. The monoisotopic (exact) mass is 190 g/mol. The highest BCUT2D eigenvalue weighted by atomic mass is 19.4. The van der Waals surface area contributed by atoms with Crippen molar-refractivity contribution in [2.75, 3.05) is 0 Å². The number of phenolic OH excluding ortho intramolecular Hbond substituents is 1. The fraction of sp³-hybridized carbons (Fsp3) is 0.333. The molecule has 0 aliphatic carbocycles. The first-order valence-corrected chi connectivity index (χ1v) is 3.70. The van der Waals surface area contributed by atoms with Gasteiger partial charge >= 0.3 is 6.18 Å². The molecule has 1 rings (SSSR count). The molecule has 0 saturated carbocycles. The minimum Gasteiger partial charge on any atom is -0.507 e. The largest absolute Gasteiger partial charge is 0.507 e. The molecule has 0 heterocycles. The minimum atomic E-state index is -4.34. The van der Waals surface area contributed by atoms with Crippen LogP contribution >= 0.6 is 0 Å². The highest BCUT2D eigenvalue weighted by Crippen LogP contribution is 2.33. The van der Waals surface area contributed by atoms with Crippen LogP contribution in [0, 0.1) is 13.8 Å².